The third-order valence-corrected chi connectivity index (χ3v) is 3.51. The lowest BCUT2D eigenvalue weighted by atomic mass is 10.4. The summed E-state index contributed by atoms with van der Waals surface area (Å²) in [6.07, 6.45) is 1.33. The molecule has 10 heavy (non-hydrogen) atoms. The van der Waals surface area contributed by atoms with Gasteiger partial charge >= 0.3 is 0 Å². The highest BCUT2D eigenvalue weighted by molar-refractivity contribution is 7.92. The molecule has 1 aliphatic rings. The van der Waals surface area contributed by atoms with Crippen molar-refractivity contribution in [3.05, 3.63) is 0 Å². The van der Waals surface area contributed by atoms with E-state index in [-0.39, 0.29) is 5.75 Å². The van der Waals surface area contributed by atoms with Gasteiger partial charge in [0.1, 0.15) is 0 Å². The first-order valence-corrected chi connectivity index (χ1v) is 4.92. The number of rotatable bonds is 2. The molecule has 1 unspecified atom stereocenters. The fourth-order valence-corrected chi connectivity index (χ4v) is 2.63. The second-order valence-corrected chi connectivity index (χ2v) is 4.52. The molecule has 1 aliphatic heterocycles. The normalized spacial score (nSPS) is 30.7. The molecule has 0 aromatic heterocycles. The maximum absolute atomic E-state index is 11.0. The Labute approximate surface area is 60.4 Å². The van der Waals surface area contributed by atoms with Crippen molar-refractivity contribution in [1.29, 1.82) is 0 Å². The van der Waals surface area contributed by atoms with Crippen LogP contribution in [0, 0.1) is 0 Å². The van der Waals surface area contributed by atoms with Crippen molar-refractivity contribution >= 4 is 9.84 Å². The summed E-state index contributed by atoms with van der Waals surface area (Å²) in [5.74, 6) is 0.263. The largest absolute Gasteiger partial charge is 0.283 e. The monoisotopic (exact) mass is 165 g/mol. The average molecular weight is 165 g/mol. The van der Waals surface area contributed by atoms with E-state index in [1.807, 2.05) is 0 Å². The van der Waals surface area contributed by atoms with Crippen LogP contribution in [0.25, 0.3) is 0 Å². The zero-order valence-electron chi connectivity index (χ0n) is 5.83. The van der Waals surface area contributed by atoms with Gasteiger partial charge in [0.15, 0.2) is 15.3 Å². The average Bonchev–Trinajstić information content (AvgIpc) is 2.13. The van der Waals surface area contributed by atoms with Crippen LogP contribution < -0.4 is 5.48 Å². The first-order valence-electron chi connectivity index (χ1n) is 3.21. The fraction of sp³-hybridized carbons (Fsp3) is 1.00. The number of hydrogen-bond donors (Lipinski definition) is 1. The van der Waals surface area contributed by atoms with Crippen LogP contribution in [0.2, 0.25) is 0 Å². The molecule has 0 aromatic carbocycles. The molecule has 0 bridgehead atoms. The van der Waals surface area contributed by atoms with E-state index in [9.17, 15) is 8.42 Å². The second kappa shape index (κ2) is 2.86. The Kier molecular flexibility index (Phi) is 2.28. The van der Waals surface area contributed by atoms with Crippen molar-refractivity contribution in [1.82, 2.24) is 5.48 Å². The van der Waals surface area contributed by atoms with Crippen molar-refractivity contribution in [3.63, 3.8) is 0 Å². The molecule has 0 aromatic rings. The van der Waals surface area contributed by atoms with Gasteiger partial charge in [-0.15, -0.1) is 0 Å². The van der Waals surface area contributed by atoms with Gasteiger partial charge in [0.2, 0.25) is 0 Å². The Morgan fingerprint density at radius 2 is 2.30 bits per heavy atom. The molecule has 1 rings (SSSR count). The Balaban J connectivity index is 2.60. The van der Waals surface area contributed by atoms with Gasteiger partial charge in [0, 0.05) is 7.05 Å². The van der Waals surface area contributed by atoms with Gasteiger partial charge in [0.05, 0.1) is 5.75 Å². The minimum absolute atomic E-state index is 0.263. The molecule has 0 amide bonds. The van der Waals surface area contributed by atoms with E-state index in [2.05, 4.69) is 5.48 Å². The van der Waals surface area contributed by atoms with Crippen LogP contribution in [-0.2, 0) is 14.7 Å². The van der Waals surface area contributed by atoms with E-state index in [1.165, 1.54) is 0 Å². The van der Waals surface area contributed by atoms with Crippen LogP contribution in [0.3, 0.4) is 0 Å². The molecule has 0 radical (unpaired) electrons. The zero-order valence-corrected chi connectivity index (χ0v) is 6.65. The highest BCUT2D eigenvalue weighted by atomic mass is 32.2. The Hall–Kier alpha value is -0.130. The molecule has 1 atom stereocenters. The summed E-state index contributed by atoms with van der Waals surface area (Å²) in [7, 11) is -1.37. The van der Waals surface area contributed by atoms with Crippen LogP contribution in [0.1, 0.15) is 12.8 Å². The summed E-state index contributed by atoms with van der Waals surface area (Å²) in [5, 5.41) is 0. The van der Waals surface area contributed by atoms with Crippen molar-refractivity contribution in [2.75, 3.05) is 12.8 Å². The Morgan fingerprint density at radius 3 is 2.70 bits per heavy atom. The molecule has 1 saturated heterocycles. The lowest BCUT2D eigenvalue weighted by Crippen LogP contribution is -2.25. The summed E-state index contributed by atoms with van der Waals surface area (Å²) in [6, 6.07) is 0. The van der Waals surface area contributed by atoms with Crippen LogP contribution in [0.4, 0.5) is 0 Å². The predicted octanol–water partition coefficient (Wildman–Crippen LogP) is -0.328. The van der Waals surface area contributed by atoms with Crippen LogP contribution in [0.15, 0.2) is 0 Å². The first-order chi connectivity index (χ1) is 4.67. The van der Waals surface area contributed by atoms with Gasteiger partial charge in [0.25, 0.3) is 0 Å². The number of nitrogens with one attached hydrogen (secondary N) is 1. The maximum atomic E-state index is 11.0. The summed E-state index contributed by atoms with van der Waals surface area (Å²) >= 11 is 0. The van der Waals surface area contributed by atoms with E-state index in [1.54, 1.807) is 7.05 Å². The Bertz CT molecular complexity index is 199. The van der Waals surface area contributed by atoms with Gasteiger partial charge < -0.3 is 0 Å². The third-order valence-electron chi connectivity index (χ3n) is 1.52. The topological polar surface area (TPSA) is 55.4 Å². The van der Waals surface area contributed by atoms with Crippen LogP contribution >= 0.6 is 0 Å². The van der Waals surface area contributed by atoms with Crippen LogP contribution in [-0.4, -0.2) is 26.7 Å². The van der Waals surface area contributed by atoms with Gasteiger partial charge in [-0.25, -0.2) is 13.9 Å². The molecule has 0 aliphatic carbocycles. The number of hydroxylamine groups is 1. The minimum Gasteiger partial charge on any atom is -0.283 e. The standard InChI is InChI=1S/C5H11NO3S/c1-6-9-5-3-2-4-10(5,7)8/h5-6H,2-4H2,1H3. The lowest BCUT2D eigenvalue weighted by Gasteiger charge is -2.07. The molecule has 1 fully saturated rings. The fourth-order valence-electron chi connectivity index (χ4n) is 1.03. The van der Waals surface area contributed by atoms with E-state index >= 15 is 0 Å². The van der Waals surface area contributed by atoms with Gasteiger partial charge in [-0.2, -0.15) is 0 Å². The smallest absolute Gasteiger partial charge is 0.179 e. The quantitative estimate of drug-likeness (QED) is 0.569. The molecular formula is C5H11NO3S. The SMILES string of the molecule is CNOC1CCCS1(=O)=O. The summed E-state index contributed by atoms with van der Waals surface area (Å²) in [6.45, 7) is 0. The molecule has 1 heterocycles. The van der Waals surface area contributed by atoms with E-state index < -0.39 is 15.3 Å². The molecule has 4 nitrogen and oxygen atoms in total. The Morgan fingerprint density at radius 1 is 1.60 bits per heavy atom. The van der Waals surface area contributed by atoms with Crippen molar-refractivity contribution < 1.29 is 13.3 Å². The minimum atomic E-state index is -2.93. The molecule has 1 N–H and O–H groups in total. The zero-order chi connectivity index (χ0) is 7.61. The van der Waals surface area contributed by atoms with E-state index in [0.717, 1.165) is 0 Å². The number of hydrogen-bond acceptors (Lipinski definition) is 4. The van der Waals surface area contributed by atoms with Crippen molar-refractivity contribution in [3.8, 4) is 0 Å². The molecular weight excluding hydrogens is 154 g/mol. The molecule has 0 spiro atoms. The van der Waals surface area contributed by atoms with Crippen molar-refractivity contribution in [2.24, 2.45) is 0 Å². The van der Waals surface area contributed by atoms with Crippen molar-refractivity contribution in [2.45, 2.75) is 18.3 Å². The summed E-state index contributed by atoms with van der Waals surface area (Å²) in [5.41, 5.74) is 1.77. The van der Waals surface area contributed by atoms with Gasteiger partial charge in [-0.05, 0) is 12.8 Å². The lowest BCUT2D eigenvalue weighted by molar-refractivity contribution is 0.0331. The first kappa shape index (κ1) is 7.97. The second-order valence-electron chi connectivity index (χ2n) is 2.26. The molecule has 5 heteroatoms. The maximum Gasteiger partial charge on any atom is 0.179 e. The molecule has 60 valence electrons. The van der Waals surface area contributed by atoms with E-state index in [4.69, 9.17) is 4.84 Å². The highest BCUT2D eigenvalue weighted by Gasteiger charge is 2.31. The number of sulfone groups is 1. The predicted molar refractivity (Wildman–Crippen MR) is 37.0 cm³/mol. The van der Waals surface area contributed by atoms with Gasteiger partial charge in [-0.1, -0.05) is 0 Å². The summed E-state index contributed by atoms with van der Waals surface area (Å²) in [4.78, 5) is 4.78. The van der Waals surface area contributed by atoms with Crippen LogP contribution in [0.5, 0.6) is 0 Å². The summed E-state index contributed by atoms with van der Waals surface area (Å²) < 4.78 is 22.0. The highest BCUT2D eigenvalue weighted by Crippen LogP contribution is 2.19. The third kappa shape index (κ3) is 1.47. The molecule has 0 saturated carbocycles. The van der Waals surface area contributed by atoms with Gasteiger partial charge in [-0.3, -0.25) is 4.84 Å². The van der Waals surface area contributed by atoms with E-state index in [0.29, 0.717) is 12.8 Å².